The second kappa shape index (κ2) is 6.02. The second-order valence-electron chi connectivity index (χ2n) is 3.63. The van der Waals surface area contributed by atoms with Crippen LogP contribution in [0.1, 0.15) is 15.5 Å². The molecule has 2 rings (SSSR count). The summed E-state index contributed by atoms with van der Waals surface area (Å²) in [5.41, 5.74) is -0.154. The van der Waals surface area contributed by atoms with Gasteiger partial charge >= 0.3 is 11.7 Å². The van der Waals surface area contributed by atoms with Gasteiger partial charge in [-0.25, -0.2) is 19.7 Å². The summed E-state index contributed by atoms with van der Waals surface area (Å²) >= 11 is 1.26. The van der Waals surface area contributed by atoms with Gasteiger partial charge in [-0.05, 0) is 0 Å². The van der Waals surface area contributed by atoms with Crippen LogP contribution in [0.25, 0.3) is 0 Å². The van der Waals surface area contributed by atoms with Gasteiger partial charge in [-0.3, -0.25) is 10.1 Å². The number of anilines is 1. The third-order valence-corrected chi connectivity index (χ3v) is 3.15. The zero-order valence-corrected chi connectivity index (χ0v) is 10.8. The Labute approximate surface area is 116 Å². The van der Waals surface area contributed by atoms with Crippen LogP contribution in [0.15, 0.2) is 17.8 Å². The van der Waals surface area contributed by atoms with Crippen molar-refractivity contribution >= 4 is 28.9 Å². The standard InChI is InChI=1S/C10H9N5O4S/c16-9(17)7-5-20-8(14-7)1-2-11-10-12-3-6(4-13-10)15(18)19/h3-5H,1-2H2,(H,16,17)(H,11,12,13). The van der Waals surface area contributed by atoms with E-state index in [0.717, 1.165) is 12.4 Å². The van der Waals surface area contributed by atoms with E-state index in [4.69, 9.17) is 5.11 Å². The van der Waals surface area contributed by atoms with Crippen molar-refractivity contribution in [1.29, 1.82) is 0 Å². The quantitative estimate of drug-likeness (QED) is 0.600. The van der Waals surface area contributed by atoms with E-state index in [2.05, 4.69) is 20.3 Å². The summed E-state index contributed by atoms with van der Waals surface area (Å²) in [6, 6.07) is 0. The van der Waals surface area contributed by atoms with Crippen molar-refractivity contribution < 1.29 is 14.8 Å². The molecule has 0 aliphatic heterocycles. The van der Waals surface area contributed by atoms with Crippen LogP contribution in [0, 0.1) is 10.1 Å². The molecule has 0 aliphatic rings. The van der Waals surface area contributed by atoms with Crippen LogP contribution in [0.4, 0.5) is 11.6 Å². The number of carboxylic acids is 1. The molecule has 0 spiro atoms. The Morgan fingerprint density at radius 3 is 2.70 bits per heavy atom. The number of aromatic nitrogens is 3. The third-order valence-electron chi connectivity index (χ3n) is 2.24. The zero-order chi connectivity index (χ0) is 14.5. The molecule has 0 amide bonds. The Morgan fingerprint density at radius 1 is 1.45 bits per heavy atom. The fraction of sp³-hybridized carbons (Fsp3) is 0.200. The Bertz CT molecular complexity index is 627. The van der Waals surface area contributed by atoms with E-state index in [0.29, 0.717) is 18.0 Å². The lowest BCUT2D eigenvalue weighted by Crippen LogP contribution is -2.08. The van der Waals surface area contributed by atoms with Gasteiger partial charge in [0.2, 0.25) is 5.95 Å². The van der Waals surface area contributed by atoms with E-state index in [1.807, 2.05) is 0 Å². The van der Waals surface area contributed by atoms with Crippen LogP contribution in [0.2, 0.25) is 0 Å². The van der Waals surface area contributed by atoms with E-state index in [1.54, 1.807) is 0 Å². The second-order valence-corrected chi connectivity index (χ2v) is 4.57. The Balaban J connectivity index is 1.85. The molecule has 2 N–H and O–H groups in total. The largest absolute Gasteiger partial charge is 0.476 e. The minimum atomic E-state index is -1.06. The highest BCUT2D eigenvalue weighted by atomic mass is 32.1. The number of hydrogen-bond donors (Lipinski definition) is 2. The molecule has 0 radical (unpaired) electrons. The van der Waals surface area contributed by atoms with Gasteiger partial charge < -0.3 is 10.4 Å². The lowest BCUT2D eigenvalue weighted by atomic mass is 10.4. The number of nitrogens with zero attached hydrogens (tertiary/aromatic N) is 4. The highest BCUT2D eigenvalue weighted by Gasteiger charge is 2.09. The zero-order valence-electron chi connectivity index (χ0n) is 10.0. The monoisotopic (exact) mass is 295 g/mol. The van der Waals surface area contributed by atoms with E-state index >= 15 is 0 Å². The first-order valence-electron chi connectivity index (χ1n) is 5.44. The smallest absolute Gasteiger partial charge is 0.355 e. The summed E-state index contributed by atoms with van der Waals surface area (Å²) < 4.78 is 0. The topological polar surface area (TPSA) is 131 Å². The van der Waals surface area contributed by atoms with Crippen molar-refractivity contribution in [1.82, 2.24) is 15.0 Å². The Hall–Kier alpha value is -2.62. The highest BCUT2D eigenvalue weighted by molar-refractivity contribution is 7.09. The van der Waals surface area contributed by atoms with Gasteiger partial charge in [0, 0.05) is 18.3 Å². The molecule has 0 atom stereocenters. The molecule has 0 unspecified atom stereocenters. The third kappa shape index (κ3) is 3.45. The molecule has 9 nitrogen and oxygen atoms in total. The maximum absolute atomic E-state index is 10.6. The molecular formula is C10H9N5O4S. The van der Waals surface area contributed by atoms with Crippen molar-refractivity contribution in [2.75, 3.05) is 11.9 Å². The molecule has 0 fully saturated rings. The number of rotatable bonds is 6. The molecule has 0 aliphatic carbocycles. The van der Waals surface area contributed by atoms with Gasteiger partial charge in [0.1, 0.15) is 12.4 Å². The lowest BCUT2D eigenvalue weighted by Gasteiger charge is -2.01. The number of nitrogens with one attached hydrogen (secondary N) is 1. The summed E-state index contributed by atoms with van der Waals surface area (Å²) in [7, 11) is 0. The van der Waals surface area contributed by atoms with E-state index in [9.17, 15) is 14.9 Å². The predicted molar refractivity (Wildman–Crippen MR) is 70.0 cm³/mol. The maximum Gasteiger partial charge on any atom is 0.355 e. The molecule has 10 heteroatoms. The molecular weight excluding hydrogens is 286 g/mol. The fourth-order valence-electron chi connectivity index (χ4n) is 1.31. The van der Waals surface area contributed by atoms with Crippen molar-refractivity contribution in [3.63, 3.8) is 0 Å². The first-order chi connectivity index (χ1) is 9.56. The van der Waals surface area contributed by atoms with Crippen molar-refractivity contribution in [3.05, 3.63) is 38.6 Å². The average Bonchev–Trinajstić information content (AvgIpc) is 2.88. The summed E-state index contributed by atoms with van der Waals surface area (Å²) in [5.74, 6) is -0.787. The molecule has 2 heterocycles. The molecule has 104 valence electrons. The minimum absolute atomic E-state index is 0.0246. The van der Waals surface area contributed by atoms with E-state index in [-0.39, 0.29) is 17.3 Å². The minimum Gasteiger partial charge on any atom is -0.476 e. The normalized spacial score (nSPS) is 10.2. The maximum atomic E-state index is 10.6. The van der Waals surface area contributed by atoms with Gasteiger partial charge in [0.05, 0.1) is 9.93 Å². The van der Waals surface area contributed by atoms with Crippen LogP contribution in [0.5, 0.6) is 0 Å². The van der Waals surface area contributed by atoms with Gasteiger partial charge in [-0.15, -0.1) is 11.3 Å². The molecule has 2 aromatic rings. The molecule has 20 heavy (non-hydrogen) atoms. The molecule has 0 saturated heterocycles. The number of nitro groups is 1. The first kappa shape index (κ1) is 13.8. The van der Waals surface area contributed by atoms with Crippen LogP contribution in [-0.4, -0.2) is 37.5 Å². The first-order valence-corrected chi connectivity index (χ1v) is 6.32. The van der Waals surface area contributed by atoms with Gasteiger partial charge in [-0.1, -0.05) is 0 Å². The van der Waals surface area contributed by atoms with Crippen LogP contribution >= 0.6 is 11.3 Å². The average molecular weight is 295 g/mol. The number of aromatic carboxylic acids is 1. The van der Waals surface area contributed by atoms with Gasteiger partial charge in [0.15, 0.2) is 5.69 Å². The number of carbonyl (C=O) groups is 1. The van der Waals surface area contributed by atoms with E-state index < -0.39 is 10.9 Å². The predicted octanol–water partition coefficient (Wildman–Crippen LogP) is 1.19. The van der Waals surface area contributed by atoms with Gasteiger partial charge in [0.25, 0.3) is 0 Å². The summed E-state index contributed by atoms with van der Waals surface area (Å²) in [6.07, 6.45) is 2.74. The number of hydrogen-bond acceptors (Lipinski definition) is 8. The summed E-state index contributed by atoms with van der Waals surface area (Å²) in [4.78, 5) is 32.0. The summed E-state index contributed by atoms with van der Waals surface area (Å²) in [6.45, 7) is 0.449. The van der Waals surface area contributed by atoms with E-state index in [1.165, 1.54) is 16.7 Å². The molecule has 0 bridgehead atoms. The van der Waals surface area contributed by atoms with Crippen molar-refractivity contribution in [2.24, 2.45) is 0 Å². The van der Waals surface area contributed by atoms with Crippen molar-refractivity contribution in [3.8, 4) is 0 Å². The van der Waals surface area contributed by atoms with Crippen LogP contribution in [0.3, 0.4) is 0 Å². The van der Waals surface area contributed by atoms with Crippen LogP contribution in [-0.2, 0) is 6.42 Å². The number of carboxylic acid groups (broad SMARTS) is 1. The van der Waals surface area contributed by atoms with Crippen LogP contribution < -0.4 is 5.32 Å². The summed E-state index contributed by atoms with van der Waals surface area (Å²) in [5, 5.41) is 24.2. The Kier molecular flexibility index (Phi) is 4.15. The number of thiazole rings is 1. The Morgan fingerprint density at radius 2 is 2.15 bits per heavy atom. The molecule has 2 aromatic heterocycles. The lowest BCUT2D eigenvalue weighted by molar-refractivity contribution is -0.385. The molecule has 0 aromatic carbocycles. The molecule has 0 saturated carbocycles. The SMILES string of the molecule is O=C(O)c1csc(CCNc2ncc([N+](=O)[O-])cn2)n1. The van der Waals surface area contributed by atoms with Gasteiger partial charge in [-0.2, -0.15) is 0 Å². The fourth-order valence-corrected chi connectivity index (χ4v) is 2.08. The van der Waals surface area contributed by atoms with Crippen molar-refractivity contribution in [2.45, 2.75) is 6.42 Å². The highest BCUT2D eigenvalue weighted by Crippen LogP contribution is 2.11.